The van der Waals surface area contributed by atoms with Crippen molar-refractivity contribution in [2.45, 2.75) is 22.4 Å². The topological polar surface area (TPSA) is 75.7 Å². The van der Waals surface area contributed by atoms with E-state index in [1.807, 2.05) is 22.6 Å². The minimum Gasteiger partial charge on any atom is -0.394 e. The van der Waals surface area contributed by atoms with Gasteiger partial charge in [-0.15, -0.1) is 0 Å². The van der Waals surface area contributed by atoms with Crippen molar-refractivity contribution in [3.8, 4) is 0 Å². The van der Waals surface area contributed by atoms with Crippen molar-refractivity contribution in [1.29, 1.82) is 0 Å². The highest BCUT2D eigenvalue weighted by Gasteiger charge is 2.40. The van der Waals surface area contributed by atoms with Gasteiger partial charge in [0.05, 0.1) is 12.7 Å². The van der Waals surface area contributed by atoms with Crippen LogP contribution in [-0.2, 0) is 4.74 Å². The van der Waals surface area contributed by atoms with E-state index in [9.17, 15) is 0 Å². The van der Waals surface area contributed by atoms with Crippen LogP contribution in [0, 0.1) is 0 Å². The molecule has 0 amide bonds. The fourth-order valence-corrected chi connectivity index (χ4v) is 1.73. The second-order valence-electron chi connectivity index (χ2n) is 2.40. The van der Waals surface area contributed by atoms with Crippen molar-refractivity contribution in [1.82, 2.24) is 0 Å². The predicted molar refractivity (Wildman–Crippen MR) is 43.5 cm³/mol. The largest absolute Gasteiger partial charge is 0.394 e. The molecule has 1 unspecified atom stereocenters. The summed E-state index contributed by atoms with van der Waals surface area (Å²) in [6.45, 7) is -0.177. The second-order valence-corrected chi connectivity index (χ2v) is 4.22. The molecule has 1 rings (SSSR count). The lowest BCUT2D eigenvalue weighted by Crippen LogP contribution is -2.32. The first-order chi connectivity index (χ1) is 4.55. The Kier molecular flexibility index (Phi) is 2.51. The van der Waals surface area contributed by atoms with E-state index in [1.54, 1.807) is 0 Å². The van der Waals surface area contributed by atoms with Crippen LogP contribution in [0.2, 0.25) is 0 Å². The van der Waals surface area contributed by atoms with Crippen LogP contribution in [0.15, 0.2) is 0 Å². The number of nitrogens with two attached hydrogens (primary N) is 1. The van der Waals surface area contributed by atoms with E-state index in [4.69, 9.17) is 20.7 Å². The molecule has 3 atom stereocenters. The molecule has 60 valence electrons. The van der Waals surface area contributed by atoms with Gasteiger partial charge >= 0.3 is 0 Å². The number of aliphatic hydroxyl groups is 2. The van der Waals surface area contributed by atoms with Crippen LogP contribution in [0.5, 0.6) is 0 Å². The van der Waals surface area contributed by atoms with Gasteiger partial charge in [-0.05, 0) is 22.6 Å². The van der Waals surface area contributed by atoms with E-state index < -0.39 is 15.9 Å². The van der Waals surface area contributed by atoms with Gasteiger partial charge in [-0.25, -0.2) is 0 Å². The predicted octanol–water partition coefficient (Wildman–Crippen LogP) is -0.824. The van der Waals surface area contributed by atoms with E-state index in [-0.39, 0.29) is 6.61 Å². The van der Waals surface area contributed by atoms with E-state index in [1.165, 1.54) is 0 Å². The number of rotatable bonds is 1. The SMILES string of the molecule is NC1(I)C[C@H](O)[C@@H](CO)O1. The van der Waals surface area contributed by atoms with Gasteiger partial charge in [-0.1, -0.05) is 0 Å². The average molecular weight is 259 g/mol. The van der Waals surface area contributed by atoms with Crippen molar-refractivity contribution < 1.29 is 14.9 Å². The highest BCUT2D eigenvalue weighted by molar-refractivity contribution is 14.1. The monoisotopic (exact) mass is 259 g/mol. The number of alkyl halides is 1. The molecule has 0 aromatic heterocycles. The van der Waals surface area contributed by atoms with Gasteiger partial charge in [-0.2, -0.15) is 0 Å². The molecule has 0 radical (unpaired) electrons. The third kappa shape index (κ3) is 1.79. The maximum absolute atomic E-state index is 9.15. The van der Waals surface area contributed by atoms with Crippen molar-refractivity contribution in [3.63, 3.8) is 0 Å². The van der Waals surface area contributed by atoms with Gasteiger partial charge in [0.25, 0.3) is 0 Å². The summed E-state index contributed by atoms with van der Waals surface area (Å²) in [5.41, 5.74) is 5.53. The summed E-state index contributed by atoms with van der Waals surface area (Å²) in [7, 11) is 0. The van der Waals surface area contributed by atoms with Gasteiger partial charge in [0.15, 0.2) is 3.73 Å². The van der Waals surface area contributed by atoms with E-state index in [0.29, 0.717) is 6.42 Å². The quantitative estimate of drug-likeness (QED) is 0.326. The Labute approximate surface area is 72.5 Å². The van der Waals surface area contributed by atoms with Gasteiger partial charge in [0, 0.05) is 6.42 Å². The van der Waals surface area contributed by atoms with Gasteiger partial charge < -0.3 is 14.9 Å². The third-order valence-electron chi connectivity index (χ3n) is 1.44. The molecule has 10 heavy (non-hydrogen) atoms. The smallest absolute Gasteiger partial charge is 0.172 e. The van der Waals surface area contributed by atoms with Gasteiger partial charge in [0.1, 0.15) is 6.10 Å². The molecule has 0 bridgehead atoms. The van der Waals surface area contributed by atoms with Crippen LogP contribution >= 0.6 is 22.6 Å². The molecule has 4 N–H and O–H groups in total. The number of hydrogen-bond acceptors (Lipinski definition) is 4. The number of hydrogen-bond donors (Lipinski definition) is 3. The molecule has 1 saturated heterocycles. The van der Waals surface area contributed by atoms with Gasteiger partial charge in [0.2, 0.25) is 0 Å². The maximum atomic E-state index is 9.15. The zero-order valence-corrected chi connectivity index (χ0v) is 7.48. The van der Waals surface area contributed by atoms with Crippen molar-refractivity contribution >= 4 is 22.6 Å². The fourth-order valence-electron chi connectivity index (χ4n) is 0.954. The fraction of sp³-hybridized carbons (Fsp3) is 1.00. The van der Waals surface area contributed by atoms with Crippen LogP contribution in [0.3, 0.4) is 0 Å². The summed E-state index contributed by atoms with van der Waals surface area (Å²) >= 11 is 1.90. The van der Waals surface area contributed by atoms with Crippen LogP contribution in [0.25, 0.3) is 0 Å². The summed E-state index contributed by atoms with van der Waals surface area (Å²) < 4.78 is 4.27. The minimum atomic E-state index is -0.801. The molecule has 0 aromatic carbocycles. The molecule has 0 saturated carbocycles. The first-order valence-corrected chi connectivity index (χ1v) is 4.07. The van der Waals surface area contributed by atoms with E-state index >= 15 is 0 Å². The molecule has 1 aliphatic rings. The van der Waals surface area contributed by atoms with Crippen LogP contribution in [-0.4, -0.2) is 32.8 Å². The zero-order valence-electron chi connectivity index (χ0n) is 5.33. The lowest BCUT2D eigenvalue weighted by molar-refractivity contribution is -0.0256. The molecule has 1 aliphatic heterocycles. The Morgan fingerprint density at radius 3 is 2.60 bits per heavy atom. The summed E-state index contributed by atoms with van der Waals surface area (Å²) in [6, 6.07) is 0. The zero-order chi connectivity index (χ0) is 7.78. The average Bonchev–Trinajstić information content (AvgIpc) is 2.05. The summed E-state index contributed by atoms with van der Waals surface area (Å²) in [6.07, 6.45) is -0.771. The summed E-state index contributed by atoms with van der Waals surface area (Å²) in [5.74, 6) is 0. The van der Waals surface area contributed by atoms with E-state index in [2.05, 4.69) is 0 Å². The molecular weight excluding hydrogens is 249 g/mol. The Hall–Kier alpha value is 0.570. The number of aliphatic hydroxyl groups excluding tert-OH is 2. The summed E-state index contributed by atoms with van der Waals surface area (Å²) in [4.78, 5) is 0. The van der Waals surface area contributed by atoms with Crippen molar-refractivity contribution in [2.75, 3.05) is 6.61 Å². The van der Waals surface area contributed by atoms with Gasteiger partial charge in [-0.3, -0.25) is 5.73 Å². The second kappa shape index (κ2) is 2.90. The molecule has 1 fully saturated rings. The summed E-state index contributed by atoms with van der Waals surface area (Å²) in [5, 5.41) is 17.8. The molecular formula is C5H10INO3. The van der Waals surface area contributed by atoms with Crippen molar-refractivity contribution in [2.24, 2.45) is 5.73 Å². The molecule has 5 heteroatoms. The minimum absolute atomic E-state index is 0.177. The molecule has 4 nitrogen and oxygen atoms in total. The molecule has 0 spiro atoms. The van der Waals surface area contributed by atoms with Crippen LogP contribution < -0.4 is 5.73 Å². The Balaban J connectivity index is 2.52. The standard InChI is InChI=1S/C5H10INO3/c6-5(7)1-3(9)4(2-8)10-5/h3-4,8-9H,1-2,7H2/t3-,4+,5?/m0/s1. The Bertz CT molecular complexity index is 130. The highest BCUT2D eigenvalue weighted by atomic mass is 127. The van der Waals surface area contributed by atoms with Crippen molar-refractivity contribution in [3.05, 3.63) is 0 Å². The Morgan fingerprint density at radius 1 is 1.80 bits per heavy atom. The van der Waals surface area contributed by atoms with Crippen LogP contribution in [0.4, 0.5) is 0 Å². The maximum Gasteiger partial charge on any atom is 0.172 e. The van der Waals surface area contributed by atoms with Crippen LogP contribution in [0.1, 0.15) is 6.42 Å². The first kappa shape index (κ1) is 8.66. The molecule has 0 aliphatic carbocycles. The highest BCUT2D eigenvalue weighted by Crippen LogP contribution is 2.31. The normalized spacial score (nSPS) is 48.0. The molecule has 1 heterocycles. The third-order valence-corrected chi connectivity index (χ3v) is 2.14. The first-order valence-electron chi connectivity index (χ1n) is 3.00. The number of ether oxygens (including phenoxy) is 1. The lowest BCUT2D eigenvalue weighted by Gasteiger charge is -2.14. The molecule has 0 aromatic rings. The Morgan fingerprint density at radius 2 is 2.40 bits per heavy atom. The van der Waals surface area contributed by atoms with E-state index in [0.717, 1.165) is 0 Å². The lowest BCUT2D eigenvalue weighted by atomic mass is 10.2. The number of halogens is 1.